The predicted molar refractivity (Wildman–Crippen MR) is 61.8 cm³/mol. The molecule has 1 aliphatic rings. The van der Waals surface area contributed by atoms with E-state index in [0.29, 0.717) is 6.42 Å². The average molecular weight is 243 g/mol. The minimum absolute atomic E-state index is 0.00618. The van der Waals surface area contributed by atoms with Gasteiger partial charge in [0.05, 0.1) is 0 Å². The third-order valence-electron chi connectivity index (χ3n) is 3.67. The number of alkyl halides is 2. The summed E-state index contributed by atoms with van der Waals surface area (Å²) in [6.45, 7) is 0. The largest absolute Gasteiger partial charge is 0.338 e. The summed E-state index contributed by atoms with van der Waals surface area (Å²) in [5, 5.41) is 0. The number of aryl methyl sites for hydroxylation is 2. The van der Waals surface area contributed by atoms with Gasteiger partial charge in [-0.2, -0.15) is 0 Å². The molecule has 1 aromatic heterocycles. The summed E-state index contributed by atoms with van der Waals surface area (Å²) in [6, 6.07) is -0.139. The van der Waals surface area contributed by atoms with E-state index in [4.69, 9.17) is 5.73 Å². The fourth-order valence-electron chi connectivity index (χ4n) is 2.52. The zero-order valence-corrected chi connectivity index (χ0v) is 10.1. The van der Waals surface area contributed by atoms with E-state index in [-0.39, 0.29) is 24.8 Å². The third kappa shape index (κ3) is 3.03. The first-order chi connectivity index (χ1) is 7.98. The molecule has 3 nitrogen and oxygen atoms in total. The molecule has 0 amide bonds. The summed E-state index contributed by atoms with van der Waals surface area (Å²) >= 11 is 0. The van der Waals surface area contributed by atoms with Crippen molar-refractivity contribution < 1.29 is 8.78 Å². The van der Waals surface area contributed by atoms with Gasteiger partial charge in [-0.1, -0.05) is 0 Å². The summed E-state index contributed by atoms with van der Waals surface area (Å²) in [6.07, 6.45) is 5.60. The van der Waals surface area contributed by atoms with Crippen molar-refractivity contribution in [2.45, 2.75) is 44.1 Å². The molecule has 5 heteroatoms. The molecule has 1 saturated carbocycles. The molecule has 0 radical (unpaired) electrons. The molecule has 1 aromatic rings. The second-order valence-electron chi connectivity index (χ2n) is 5.02. The molecule has 0 aliphatic heterocycles. The quantitative estimate of drug-likeness (QED) is 0.880. The lowest BCUT2D eigenvalue weighted by molar-refractivity contribution is 0.00381. The van der Waals surface area contributed by atoms with E-state index in [0.717, 1.165) is 18.7 Å². The van der Waals surface area contributed by atoms with Gasteiger partial charge < -0.3 is 10.3 Å². The molecule has 1 fully saturated rings. The summed E-state index contributed by atoms with van der Waals surface area (Å²) in [5.41, 5.74) is 6.00. The molecule has 0 spiro atoms. The molecule has 17 heavy (non-hydrogen) atoms. The van der Waals surface area contributed by atoms with E-state index < -0.39 is 5.92 Å². The maximum Gasteiger partial charge on any atom is 0.248 e. The predicted octanol–water partition coefficient (Wildman–Crippen LogP) is 2.12. The highest BCUT2D eigenvalue weighted by molar-refractivity contribution is 4.94. The summed E-state index contributed by atoms with van der Waals surface area (Å²) in [7, 11) is 1.93. The van der Waals surface area contributed by atoms with Crippen molar-refractivity contribution in [3.63, 3.8) is 0 Å². The van der Waals surface area contributed by atoms with Crippen molar-refractivity contribution in [3.05, 3.63) is 18.2 Å². The van der Waals surface area contributed by atoms with Gasteiger partial charge in [0.1, 0.15) is 5.82 Å². The Morgan fingerprint density at radius 3 is 2.94 bits per heavy atom. The van der Waals surface area contributed by atoms with Crippen molar-refractivity contribution in [3.8, 4) is 0 Å². The zero-order chi connectivity index (χ0) is 12.5. The Morgan fingerprint density at radius 2 is 2.41 bits per heavy atom. The maximum absolute atomic E-state index is 13.1. The summed E-state index contributed by atoms with van der Waals surface area (Å²) in [5.74, 6) is -1.57. The van der Waals surface area contributed by atoms with Crippen molar-refractivity contribution in [1.29, 1.82) is 0 Å². The molecule has 2 N–H and O–H groups in total. The zero-order valence-electron chi connectivity index (χ0n) is 10.1. The molecule has 1 heterocycles. The minimum Gasteiger partial charge on any atom is -0.338 e. The van der Waals surface area contributed by atoms with Crippen molar-refractivity contribution >= 4 is 0 Å². The van der Waals surface area contributed by atoms with Crippen molar-refractivity contribution in [2.75, 3.05) is 0 Å². The topological polar surface area (TPSA) is 43.8 Å². The number of hydrogen-bond donors (Lipinski definition) is 1. The van der Waals surface area contributed by atoms with Crippen LogP contribution in [0.25, 0.3) is 0 Å². The van der Waals surface area contributed by atoms with Crippen LogP contribution in [0.5, 0.6) is 0 Å². The van der Waals surface area contributed by atoms with Crippen LogP contribution < -0.4 is 5.73 Å². The Labute approximate surface area is 100 Å². The standard InChI is InChI=1S/C12H19F2N3/c1-17-7-6-16-11(17)3-2-10(15)9-4-5-12(13,14)8-9/h6-7,9-10H,2-5,8,15H2,1H3. The lowest BCUT2D eigenvalue weighted by Gasteiger charge is -2.18. The van der Waals surface area contributed by atoms with Crippen LogP contribution in [-0.2, 0) is 13.5 Å². The van der Waals surface area contributed by atoms with Gasteiger partial charge in [0.25, 0.3) is 0 Å². The van der Waals surface area contributed by atoms with Crippen LogP contribution in [0.15, 0.2) is 12.4 Å². The molecule has 2 unspecified atom stereocenters. The van der Waals surface area contributed by atoms with Gasteiger partial charge in [0.15, 0.2) is 0 Å². The van der Waals surface area contributed by atoms with Crippen LogP contribution in [0.1, 0.15) is 31.5 Å². The number of imidazole rings is 1. The maximum atomic E-state index is 13.1. The van der Waals surface area contributed by atoms with Gasteiger partial charge in [-0.15, -0.1) is 0 Å². The minimum atomic E-state index is -2.49. The number of nitrogens with zero attached hydrogens (tertiary/aromatic N) is 2. The Kier molecular flexibility index (Phi) is 3.47. The van der Waals surface area contributed by atoms with Crippen LogP contribution in [-0.4, -0.2) is 21.5 Å². The van der Waals surface area contributed by atoms with Gasteiger partial charge in [0.2, 0.25) is 5.92 Å². The fourth-order valence-corrected chi connectivity index (χ4v) is 2.52. The average Bonchev–Trinajstić information content (AvgIpc) is 2.81. The lowest BCUT2D eigenvalue weighted by Crippen LogP contribution is -2.30. The molecule has 2 atom stereocenters. The van der Waals surface area contributed by atoms with Gasteiger partial charge >= 0.3 is 0 Å². The highest BCUT2D eigenvalue weighted by Gasteiger charge is 2.41. The molecular weight excluding hydrogens is 224 g/mol. The molecular formula is C12H19F2N3. The van der Waals surface area contributed by atoms with E-state index in [1.807, 2.05) is 17.8 Å². The monoisotopic (exact) mass is 243 g/mol. The number of nitrogens with two attached hydrogens (primary N) is 1. The van der Waals surface area contributed by atoms with Crippen LogP contribution in [0.4, 0.5) is 8.78 Å². The van der Waals surface area contributed by atoms with E-state index in [2.05, 4.69) is 4.98 Å². The fraction of sp³-hybridized carbons (Fsp3) is 0.750. The van der Waals surface area contributed by atoms with Crippen LogP contribution in [0.3, 0.4) is 0 Å². The van der Waals surface area contributed by atoms with Crippen LogP contribution in [0.2, 0.25) is 0 Å². The van der Waals surface area contributed by atoms with E-state index in [9.17, 15) is 8.78 Å². The molecule has 1 aliphatic carbocycles. The Bertz CT molecular complexity index is 376. The highest BCUT2D eigenvalue weighted by Crippen LogP contribution is 2.40. The van der Waals surface area contributed by atoms with Crippen LogP contribution in [0, 0.1) is 5.92 Å². The van der Waals surface area contributed by atoms with Gasteiger partial charge in [-0.25, -0.2) is 13.8 Å². The lowest BCUT2D eigenvalue weighted by atomic mass is 9.95. The molecule has 0 aromatic carbocycles. The molecule has 0 bridgehead atoms. The van der Waals surface area contributed by atoms with Gasteiger partial charge in [-0.05, 0) is 18.8 Å². The van der Waals surface area contributed by atoms with Crippen LogP contribution >= 0.6 is 0 Å². The molecule has 96 valence electrons. The smallest absolute Gasteiger partial charge is 0.248 e. The number of aromatic nitrogens is 2. The first kappa shape index (κ1) is 12.5. The Hall–Kier alpha value is -0.970. The highest BCUT2D eigenvalue weighted by atomic mass is 19.3. The Morgan fingerprint density at radius 1 is 1.65 bits per heavy atom. The SMILES string of the molecule is Cn1ccnc1CCC(N)C1CCC(F)(F)C1. The summed E-state index contributed by atoms with van der Waals surface area (Å²) in [4.78, 5) is 4.20. The van der Waals surface area contributed by atoms with Gasteiger partial charge in [-0.3, -0.25) is 0 Å². The normalized spacial score (nSPS) is 25.1. The number of halogens is 2. The number of hydrogen-bond acceptors (Lipinski definition) is 2. The first-order valence-electron chi connectivity index (χ1n) is 6.07. The van der Waals surface area contributed by atoms with Crippen molar-refractivity contribution in [2.24, 2.45) is 18.7 Å². The molecule has 2 rings (SSSR count). The molecule has 0 saturated heterocycles. The van der Waals surface area contributed by atoms with E-state index in [1.165, 1.54) is 0 Å². The summed E-state index contributed by atoms with van der Waals surface area (Å²) < 4.78 is 28.1. The second-order valence-corrected chi connectivity index (χ2v) is 5.02. The first-order valence-corrected chi connectivity index (χ1v) is 6.07. The van der Waals surface area contributed by atoms with Crippen molar-refractivity contribution in [1.82, 2.24) is 9.55 Å². The Balaban J connectivity index is 1.82. The van der Waals surface area contributed by atoms with E-state index in [1.54, 1.807) is 6.20 Å². The number of rotatable bonds is 4. The van der Waals surface area contributed by atoms with E-state index >= 15 is 0 Å². The third-order valence-corrected chi connectivity index (χ3v) is 3.67. The second kappa shape index (κ2) is 4.72. The van der Waals surface area contributed by atoms with Gasteiger partial charge in [0, 0.05) is 44.7 Å².